The average molecular weight is 1120 g/mol. The third-order valence-electron chi connectivity index (χ3n) is 12.4. The van der Waals surface area contributed by atoms with E-state index in [1.165, 1.54) is 58.9 Å². The van der Waals surface area contributed by atoms with Crippen molar-refractivity contribution in [2.45, 2.75) is 168 Å². The number of anilines is 2. The van der Waals surface area contributed by atoms with Gasteiger partial charge in [0.1, 0.15) is 34.8 Å². The summed E-state index contributed by atoms with van der Waals surface area (Å²) in [6.07, 6.45) is 11.9. The highest BCUT2D eigenvalue weighted by atomic mass is 79.9. The topological polar surface area (TPSA) is 244 Å². The standard InChI is InChI=1S/C27H39N3O7.C19H23N3O6.C8H17BrO/c1-27(2,3)37-26(35)30-23(32)15-14-22(24(30)33)29-17-16-28(25(29)34)20-10-12-21(13-11-20)36-19-9-7-5-4-6-8-18-31;1-19(2,3)28-18(27)22-15(24)9-8-14(16(22)25)21-11-10-20(17(21)26)12-4-6-13(23)7-5-12;9-7-5-3-1-2-4-6-8-10/h10-13,22,31H,4-9,14-19H2,1-3H3;4-7,14,23H,8-11H2,1-3H3;10H,1-8H2. The molecule has 4 aliphatic heterocycles. The Balaban J connectivity index is 0.000000281. The molecule has 2 unspecified atom stereocenters. The minimum Gasteiger partial charge on any atom is -0.508 e. The van der Waals surface area contributed by atoms with Crippen LogP contribution in [0.2, 0.25) is 0 Å². The Kier molecular flexibility index (Phi) is 24.8. The fourth-order valence-electron chi connectivity index (χ4n) is 8.66. The van der Waals surface area contributed by atoms with Gasteiger partial charge in [0.15, 0.2) is 0 Å². The zero-order valence-electron chi connectivity index (χ0n) is 44.6. The number of benzene rings is 2. The molecule has 4 aliphatic rings. The van der Waals surface area contributed by atoms with Crippen LogP contribution in [0.15, 0.2) is 48.5 Å². The molecule has 10 amide bonds. The number of piperidine rings is 2. The molecule has 0 saturated carbocycles. The second kappa shape index (κ2) is 30.1. The predicted octanol–water partition coefficient (Wildman–Crippen LogP) is 8.89. The molecule has 75 heavy (non-hydrogen) atoms. The van der Waals surface area contributed by atoms with E-state index >= 15 is 0 Å². The lowest BCUT2D eigenvalue weighted by molar-refractivity contribution is -0.152. The minimum atomic E-state index is -1.02. The van der Waals surface area contributed by atoms with Crippen LogP contribution in [0.1, 0.15) is 144 Å². The summed E-state index contributed by atoms with van der Waals surface area (Å²) in [5.74, 6) is -1.90. The summed E-state index contributed by atoms with van der Waals surface area (Å²) in [5, 5.41) is 27.8. The summed E-state index contributed by atoms with van der Waals surface area (Å²) in [4.78, 5) is 108. The zero-order chi connectivity index (χ0) is 55.3. The van der Waals surface area contributed by atoms with Gasteiger partial charge in [-0.25, -0.2) is 19.2 Å². The van der Waals surface area contributed by atoms with E-state index in [1.54, 1.807) is 58.6 Å². The number of imide groups is 6. The van der Waals surface area contributed by atoms with E-state index in [-0.39, 0.29) is 56.6 Å². The highest BCUT2D eigenvalue weighted by molar-refractivity contribution is 9.09. The summed E-state index contributed by atoms with van der Waals surface area (Å²) in [7, 11) is 0. The second-order valence-electron chi connectivity index (χ2n) is 20.7. The van der Waals surface area contributed by atoms with Gasteiger partial charge >= 0.3 is 24.2 Å². The molecule has 4 heterocycles. The average Bonchev–Trinajstić information content (AvgIpc) is 3.92. The molecule has 0 radical (unpaired) electrons. The van der Waals surface area contributed by atoms with Gasteiger partial charge in [-0.3, -0.25) is 29.0 Å². The Morgan fingerprint density at radius 3 is 1.31 bits per heavy atom. The molecule has 2 atom stereocenters. The van der Waals surface area contributed by atoms with Crippen molar-refractivity contribution in [1.82, 2.24) is 19.6 Å². The van der Waals surface area contributed by atoms with E-state index in [1.807, 2.05) is 24.3 Å². The molecule has 0 aromatic heterocycles. The van der Waals surface area contributed by atoms with E-state index in [2.05, 4.69) is 15.9 Å². The van der Waals surface area contributed by atoms with Crippen LogP contribution < -0.4 is 14.5 Å². The smallest absolute Gasteiger partial charge is 0.424 e. The van der Waals surface area contributed by atoms with Gasteiger partial charge in [0.2, 0.25) is 11.8 Å². The number of aromatic hydroxyl groups is 1. The van der Waals surface area contributed by atoms with Gasteiger partial charge in [0.05, 0.1) is 6.61 Å². The maximum absolute atomic E-state index is 13.2. The summed E-state index contributed by atoms with van der Waals surface area (Å²) in [5.41, 5.74) is -0.439. The van der Waals surface area contributed by atoms with Crippen molar-refractivity contribution in [3.05, 3.63) is 48.5 Å². The molecule has 20 nitrogen and oxygen atoms in total. The van der Waals surface area contributed by atoms with Crippen molar-refractivity contribution >= 4 is 75.2 Å². The molecule has 4 fully saturated rings. The van der Waals surface area contributed by atoms with Gasteiger partial charge in [0, 0.05) is 68.9 Å². The summed E-state index contributed by atoms with van der Waals surface area (Å²) in [6.45, 7) is 12.5. The normalized spacial score (nSPS) is 18.3. The third kappa shape index (κ3) is 19.1. The van der Waals surface area contributed by atoms with E-state index in [0.717, 1.165) is 56.0 Å². The molecule has 416 valence electrons. The Hall–Kier alpha value is -5.80. The number of likely N-dealkylation sites (tertiary alicyclic amines) is 2. The molecule has 0 aliphatic carbocycles. The monoisotopic (exact) mass is 1110 g/mol. The van der Waals surface area contributed by atoms with Gasteiger partial charge < -0.3 is 39.3 Å². The molecule has 4 saturated heterocycles. The maximum atomic E-state index is 13.2. The van der Waals surface area contributed by atoms with Crippen molar-refractivity contribution in [3.63, 3.8) is 0 Å². The minimum absolute atomic E-state index is 0.0197. The fraction of sp³-hybridized carbons (Fsp3) is 0.630. The van der Waals surface area contributed by atoms with Gasteiger partial charge in [0.25, 0.3) is 11.8 Å². The Morgan fingerprint density at radius 2 is 0.920 bits per heavy atom. The Labute approximate surface area is 449 Å². The first kappa shape index (κ1) is 61.7. The number of carbonyl (C=O) groups is 8. The van der Waals surface area contributed by atoms with Gasteiger partial charge in [-0.15, -0.1) is 0 Å². The van der Waals surface area contributed by atoms with Crippen LogP contribution in [0.5, 0.6) is 11.5 Å². The highest BCUT2D eigenvalue weighted by Crippen LogP contribution is 2.30. The Morgan fingerprint density at radius 1 is 0.547 bits per heavy atom. The van der Waals surface area contributed by atoms with E-state index in [4.69, 9.17) is 24.4 Å². The van der Waals surface area contributed by atoms with Gasteiger partial charge in [-0.05, 0) is 129 Å². The van der Waals surface area contributed by atoms with Gasteiger partial charge in [-0.2, -0.15) is 9.80 Å². The lowest BCUT2D eigenvalue weighted by Gasteiger charge is -2.34. The van der Waals surface area contributed by atoms with Crippen LogP contribution in [-0.4, -0.2) is 157 Å². The fourth-order valence-corrected chi connectivity index (χ4v) is 9.05. The molecule has 21 heteroatoms. The SMILES string of the molecule is CC(C)(C)OC(=O)N1C(=O)CCC(N2CCN(c3ccc(O)cc3)C2=O)C1=O.CC(C)(C)OC(=O)N1C(=O)CCC(N2CCN(c3ccc(OCCCCCCCCO)cc3)C2=O)C1=O.OCCCCCCCCBr. The number of halogens is 1. The van der Waals surface area contributed by atoms with Crippen LogP contribution in [0.3, 0.4) is 0 Å². The molecular formula is C54H79BrN6O14. The van der Waals surface area contributed by atoms with Crippen molar-refractivity contribution in [2.24, 2.45) is 0 Å². The number of phenolic OH excluding ortho intramolecular Hbond substituents is 1. The zero-order valence-corrected chi connectivity index (χ0v) is 46.2. The van der Waals surface area contributed by atoms with Gasteiger partial charge in [-0.1, -0.05) is 67.3 Å². The first-order valence-corrected chi connectivity index (χ1v) is 27.4. The number of ether oxygens (including phenoxy) is 3. The number of urea groups is 2. The van der Waals surface area contributed by atoms with Crippen LogP contribution in [0, 0.1) is 0 Å². The number of hydrogen-bond donors (Lipinski definition) is 3. The summed E-state index contributed by atoms with van der Waals surface area (Å²) in [6, 6.07) is 10.9. The number of unbranched alkanes of at least 4 members (excludes halogenated alkanes) is 10. The van der Waals surface area contributed by atoms with E-state index in [0.29, 0.717) is 54.0 Å². The third-order valence-corrected chi connectivity index (χ3v) is 13.0. The van der Waals surface area contributed by atoms with E-state index in [9.17, 15) is 43.5 Å². The van der Waals surface area contributed by atoms with Crippen LogP contribution in [0.4, 0.5) is 30.6 Å². The molecule has 6 rings (SSSR count). The lowest BCUT2D eigenvalue weighted by Crippen LogP contribution is -2.57. The van der Waals surface area contributed by atoms with Crippen molar-refractivity contribution in [1.29, 1.82) is 0 Å². The van der Waals surface area contributed by atoms with Crippen molar-refractivity contribution in [3.8, 4) is 11.5 Å². The summed E-state index contributed by atoms with van der Waals surface area (Å²) >= 11 is 3.39. The molecule has 0 bridgehead atoms. The quantitative estimate of drug-likeness (QED) is 0.0637. The number of hydrogen-bond acceptors (Lipinski definition) is 14. The molecule has 0 spiro atoms. The molecular weight excluding hydrogens is 1040 g/mol. The predicted molar refractivity (Wildman–Crippen MR) is 285 cm³/mol. The number of alkyl halides is 1. The van der Waals surface area contributed by atoms with Crippen LogP contribution in [-0.2, 0) is 28.7 Å². The number of phenols is 1. The van der Waals surface area contributed by atoms with Crippen molar-refractivity contribution < 1.29 is 67.9 Å². The number of aliphatic hydroxyl groups excluding tert-OH is 2. The first-order valence-electron chi connectivity index (χ1n) is 26.3. The molecule has 2 aromatic rings. The number of aliphatic hydroxyl groups is 2. The van der Waals surface area contributed by atoms with Crippen LogP contribution >= 0.6 is 15.9 Å². The van der Waals surface area contributed by atoms with Crippen LogP contribution in [0.25, 0.3) is 0 Å². The maximum Gasteiger partial charge on any atom is 0.424 e. The Bertz CT molecular complexity index is 2210. The first-order chi connectivity index (χ1) is 35.6. The summed E-state index contributed by atoms with van der Waals surface area (Å²) < 4.78 is 16.2. The van der Waals surface area contributed by atoms with E-state index < -0.39 is 59.1 Å². The lowest BCUT2D eigenvalue weighted by atomic mass is 10.0. The van der Waals surface area contributed by atoms with Crippen molar-refractivity contribution in [2.75, 3.05) is 61.1 Å². The number of rotatable bonds is 20. The molecule has 2 aromatic carbocycles. The number of carbonyl (C=O) groups excluding carboxylic acids is 8. The number of amides is 10. The molecule has 3 N–H and O–H groups in total. The number of nitrogens with zero attached hydrogens (tertiary/aromatic N) is 6. The largest absolute Gasteiger partial charge is 0.508 e. The highest BCUT2D eigenvalue weighted by Gasteiger charge is 2.48. The second-order valence-corrected chi connectivity index (χ2v) is 21.5.